The highest BCUT2D eigenvalue weighted by Gasteiger charge is 2.21. The van der Waals surface area contributed by atoms with Crippen LogP contribution in [0.2, 0.25) is 0 Å². The molecule has 1 aromatic heterocycles. The quantitative estimate of drug-likeness (QED) is 0.196. The van der Waals surface area contributed by atoms with Gasteiger partial charge >= 0.3 is 0 Å². The molecule has 1 aromatic rings. The Hall–Kier alpha value is -1.47. The summed E-state index contributed by atoms with van der Waals surface area (Å²) in [7, 11) is 3.46. The van der Waals surface area contributed by atoms with Crippen LogP contribution < -0.4 is 10.6 Å². The molecule has 2 N–H and O–H groups in total. The molecule has 3 rings (SSSR count). The SMILES string of the molecule is CN=C(NCCCc1nnc2n1CCCCC2)N1CCN(CC(=O)NCCOC)CC1.I. The van der Waals surface area contributed by atoms with Gasteiger partial charge in [0, 0.05) is 72.8 Å². The van der Waals surface area contributed by atoms with Gasteiger partial charge < -0.3 is 24.8 Å². The maximum Gasteiger partial charge on any atom is 0.234 e. The molecule has 1 saturated heterocycles. The molecule has 2 aliphatic heterocycles. The van der Waals surface area contributed by atoms with E-state index < -0.39 is 0 Å². The van der Waals surface area contributed by atoms with Gasteiger partial charge in [-0.25, -0.2) is 0 Å². The Morgan fingerprint density at radius 3 is 2.62 bits per heavy atom. The largest absolute Gasteiger partial charge is 0.383 e. The smallest absolute Gasteiger partial charge is 0.234 e. The van der Waals surface area contributed by atoms with Crippen LogP contribution in [0.15, 0.2) is 4.99 Å². The van der Waals surface area contributed by atoms with Gasteiger partial charge in [-0.05, 0) is 19.3 Å². The Balaban J connectivity index is 0.00000363. The number of piperazine rings is 1. The van der Waals surface area contributed by atoms with Crippen LogP contribution in [0.25, 0.3) is 0 Å². The van der Waals surface area contributed by atoms with Crippen molar-refractivity contribution in [2.75, 3.05) is 66.6 Å². The lowest BCUT2D eigenvalue weighted by Gasteiger charge is -2.36. The minimum atomic E-state index is 0. The number of carbonyl (C=O) groups excluding carboxylic acids is 1. The number of nitrogens with zero attached hydrogens (tertiary/aromatic N) is 6. The highest BCUT2D eigenvalue weighted by Crippen LogP contribution is 2.15. The Labute approximate surface area is 208 Å². The second kappa shape index (κ2) is 14.6. The van der Waals surface area contributed by atoms with Gasteiger partial charge in [0.1, 0.15) is 11.6 Å². The van der Waals surface area contributed by atoms with E-state index in [2.05, 4.69) is 40.2 Å². The van der Waals surface area contributed by atoms with Gasteiger partial charge in [0.25, 0.3) is 0 Å². The fourth-order valence-corrected chi connectivity index (χ4v) is 4.18. The molecular weight excluding hydrogens is 523 g/mol. The number of methoxy groups -OCH3 is 1. The Morgan fingerprint density at radius 1 is 1.06 bits per heavy atom. The number of amides is 1. The number of carbonyl (C=O) groups is 1. The van der Waals surface area contributed by atoms with E-state index in [9.17, 15) is 4.79 Å². The number of halogens is 1. The van der Waals surface area contributed by atoms with E-state index in [0.29, 0.717) is 19.7 Å². The number of aryl methyl sites for hydroxylation is 2. The van der Waals surface area contributed by atoms with Crippen LogP contribution in [0.4, 0.5) is 0 Å². The van der Waals surface area contributed by atoms with E-state index in [1.165, 1.54) is 19.3 Å². The number of aliphatic imine (C=N–C) groups is 1. The first-order valence-electron chi connectivity index (χ1n) is 11.6. The predicted molar refractivity (Wildman–Crippen MR) is 136 cm³/mol. The fourth-order valence-electron chi connectivity index (χ4n) is 4.18. The molecule has 0 saturated carbocycles. The number of hydrogen-bond donors (Lipinski definition) is 2. The first-order chi connectivity index (χ1) is 15.2. The number of fused-ring (bicyclic) bond motifs is 1. The summed E-state index contributed by atoms with van der Waals surface area (Å²) in [5.74, 6) is 3.26. The maximum absolute atomic E-state index is 12.0. The topological polar surface area (TPSA) is 99.9 Å². The van der Waals surface area contributed by atoms with E-state index in [0.717, 1.165) is 76.1 Å². The third-order valence-electron chi connectivity index (χ3n) is 5.93. The minimum absolute atomic E-state index is 0. The lowest BCUT2D eigenvalue weighted by Crippen LogP contribution is -2.54. The van der Waals surface area contributed by atoms with Crippen LogP contribution in [0.3, 0.4) is 0 Å². The molecular formula is C21H39IN8O2. The van der Waals surface area contributed by atoms with Crippen LogP contribution in [-0.2, 0) is 28.9 Å². The van der Waals surface area contributed by atoms with Crippen molar-refractivity contribution in [1.29, 1.82) is 0 Å². The van der Waals surface area contributed by atoms with Crippen molar-refractivity contribution in [2.24, 2.45) is 4.99 Å². The summed E-state index contributed by atoms with van der Waals surface area (Å²) in [4.78, 5) is 20.9. The zero-order valence-electron chi connectivity index (χ0n) is 19.5. The molecule has 0 radical (unpaired) electrons. The number of aromatic nitrogens is 3. The number of guanidine groups is 1. The zero-order valence-corrected chi connectivity index (χ0v) is 21.8. The first kappa shape index (κ1) is 26.8. The summed E-state index contributed by atoms with van der Waals surface area (Å²) in [6.07, 6.45) is 6.72. The van der Waals surface area contributed by atoms with Crippen molar-refractivity contribution in [3.63, 3.8) is 0 Å². The van der Waals surface area contributed by atoms with E-state index in [4.69, 9.17) is 4.74 Å². The molecule has 11 heteroatoms. The van der Waals surface area contributed by atoms with Crippen LogP contribution in [0.5, 0.6) is 0 Å². The van der Waals surface area contributed by atoms with Crippen LogP contribution in [0.1, 0.15) is 37.3 Å². The second-order valence-electron chi connectivity index (χ2n) is 8.18. The van der Waals surface area contributed by atoms with Crippen LogP contribution in [0, 0.1) is 0 Å². The first-order valence-corrected chi connectivity index (χ1v) is 11.6. The summed E-state index contributed by atoms with van der Waals surface area (Å²) in [6.45, 7) is 6.88. The molecule has 1 amide bonds. The Morgan fingerprint density at radius 2 is 1.88 bits per heavy atom. The van der Waals surface area contributed by atoms with Crippen molar-refractivity contribution < 1.29 is 9.53 Å². The molecule has 0 aliphatic carbocycles. The van der Waals surface area contributed by atoms with Gasteiger partial charge in [-0.2, -0.15) is 0 Å². The highest BCUT2D eigenvalue weighted by atomic mass is 127. The molecule has 10 nitrogen and oxygen atoms in total. The molecule has 1 fully saturated rings. The Bertz CT molecular complexity index is 719. The zero-order chi connectivity index (χ0) is 21.9. The van der Waals surface area contributed by atoms with E-state index in [1.807, 2.05) is 7.05 Å². The van der Waals surface area contributed by atoms with Gasteiger partial charge in [-0.3, -0.25) is 14.7 Å². The monoisotopic (exact) mass is 562 g/mol. The Kier molecular flexibility index (Phi) is 12.2. The lowest BCUT2D eigenvalue weighted by molar-refractivity contribution is -0.122. The summed E-state index contributed by atoms with van der Waals surface area (Å²) in [5, 5.41) is 15.2. The highest BCUT2D eigenvalue weighted by molar-refractivity contribution is 14.0. The average molecular weight is 563 g/mol. The molecule has 0 unspecified atom stereocenters. The number of nitrogens with one attached hydrogen (secondary N) is 2. The molecule has 182 valence electrons. The summed E-state index contributed by atoms with van der Waals surface area (Å²) in [5.41, 5.74) is 0. The van der Waals surface area contributed by atoms with E-state index in [1.54, 1.807) is 7.11 Å². The summed E-state index contributed by atoms with van der Waals surface area (Å²) < 4.78 is 7.29. The predicted octanol–water partition coefficient (Wildman–Crippen LogP) is 0.511. The third-order valence-corrected chi connectivity index (χ3v) is 5.93. The molecule has 0 spiro atoms. The van der Waals surface area contributed by atoms with Gasteiger partial charge in [-0.1, -0.05) is 6.42 Å². The summed E-state index contributed by atoms with van der Waals surface area (Å²) >= 11 is 0. The van der Waals surface area contributed by atoms with Gasteiger partial charge in [-0.15, -0.1) is 34.2 Å². The minimum Gasteiger partial charge on any atom is -0.383 e. The molecule has 32 heavy (non-hydrogen) atoms. The molecule has 0 bridgehead atoms. The van der Waals surface area contributed by atoms with Crippen LogP contribution in [-0.4, -0.2) is 103 Å². The number of hydrogen-bond acceptors (Lipinski definition) is 6. The maximum atomic E-state index is 12.0. The molecule has 0 aromatic carbocycles. The second-order valence-corrected chi connectivity index (χ2v) is 8.18. The van der Waals surface area contributed by atoms with Crippen LogP contribution >= 0.6 is 24.0 Å². The van der Waals surface area contributed by atoms with Gasteiger partial charge in [0.2, 0.25) is 5.91 Å². The van der Waals surface area contributed by atoms with E-state index in [-0.39, 0.29) is 29.9 Å². The number of rotatable bonds is 9. The summed E-state index contributed by atoms with van der Waals surface area (Å²) in [6, 6.07) is 0. The van der Waals surface area contributed by atoms with Crippen molar-refractivity contribution in [2.45, 2.75) is 45.1 Å². The van der Waals surface area contributed by atoms with Crippen molar-refractivity contribution in [3.05, 3.63) is 11.6 Å². The van der Waals surface area contributed by atoms with Gasteiger partial charge in [0.15, 0.2) is 5.96 Å². The van der Waals surface area contributed by atoms with Crippen molar-refractivity contribution in [1.82, 2.24) is 35.2 Å². The fraction of sp³-hybridized carbons (Fsp3) is 0.810. The molecule has 2 aliphatic rings. The molecule has 3 heterocycles. The van der Waals surface area contributed by atoms with E-state index >= 15 is 0 Å². The van der Waals surface area contributed by atoms with Crippen molar-refractivity contribution in [3.8, 4) is 0 Å². The lowest BCUT2D eigenvalue weighted by atomic mass is 10.2. The standard InChI is InChI=1S/C21H38N8O2.HI/c1-22-21(28-14-12-27(13-15-28)17-20(30)23-10-16-31-2)24-9-6-8-19-26-25-18-7-4-3-5-11-29(18)19;/h3-17H2,1-2H3,(H,22,24)(H,23,30);1H. The van der Waals surface area contributed by atoms with Crippen molar-refractivity contribution >= 4 is 35.8 Å². The van der Waals surface area contributed by atoms with Gasteiger partial charge in [0.05, 0.1) is 13.2 Å². The average Bonchev–Trinajstić information content (AvgIpc) is 3.00. The molecule has 0 atom stereocenters. The number of ether oxygens (including phenoxy) is 1. The third kappa shape index (κ3) is 8.14. The normalized spacial score (nSPS) is 17.3.